The molecule has 1 aromatic carbocycles. The largest absolute Gasteiger partial charge is 0.378 e. The van der Waals surface area contributed by atoms with Crippen molar-refractivity contribution in [2.45, 2.75) is 25.8 Å². The van der Waals surface area contributed by atoms with Gasteiger partial charge in [0.1, 0.15) is 0 Å². The van der Waals surface area contributed by atoms with Crippen molar-refractivity contribution < 1.29 is 4.79 Å². The molecule has 1 atom stereocenters. The van der Waals surface area contributed by atoms with Gasteiger partial charge in [-0.25, -0.2) is 0 Å². The Labute approximate surface area is 110 Å². The number of amides is 1. The minimum Gasteiger partial charge on any atom is -0.378 e. The van der Waals surface area contributed by atoms with Crippen LogP contribution >= 0.6 is 11.9 Å². The van der Waals surface area contributed by atoms with Crippen LogP contribution in [0.5, 0.6) is 0 Å². The predicted octanol–water partition coefficient (Wildman–Crippen LogP) is 1.97. The molecule has 3 N–H and O–H groups in total. The van der Waals surface area contributed by atoms with Crippen LogP contribution in [0.3, 0.4) is 0 Å². The molecule has 2 aliphatic rings. The van der Waals surface area contributed by atoms with E-state index in [1.807, 2.05) is 13.0 Å². The zero-order valence-corrected chi connectivity index (χ0v) is 10.9. The molecule has 0 spiro atoms. The van der Waals surface area contributed by atoms with Gasteiger partial charge in [-0.2, -0.15) is 4.83 Å². The van der Waals surface area contributed by atoms with Crippen LogP contribution in [0.25, 0.3) is 0 Å². The van der Waals surface area contributed by atoms with E-state index in [-0.39, 0.29) is 11.9 Å². The van der Waals surface area contributed by atoms with E-state index in [1.54, 1.807) is 0 Å². The van der Waals surface area contributed by atoms with Crippen LogP contribution in [0.4, 0.5) is 5.69 Å². The van der Waals surface area contributed by atoms with Gasteiger partial charge in [-0.05, 0) is 43.3 Å². The first-order valence-corrected chi connectivity index (χ1v) is 6.85. The van der Waals surface area contributed by atoms with Crippen LogP contribution in [0, 0.1) is 0 Å². The van der Waals surface area contributed by atoms with Gasteiger partial charge in [0.25, 0.3) is 5.91 Å². The Hall–Kier alpha value is -1.46. The maximum absolute atomic E-state index is 11.9. The van der Waals surface area contributed by atoms with Crippen LogP contribution in [0.1, 0.15) is 18.9 Å². The average Bonchev–Trinajstić information content (AvgIpc) is 2.38. The second-order valence-corrected chi connectivity index (χ2v) is 5.54. The standard InChI is InChI=1S/C13H15N3OS/c1-8-12(13(17)15-16-18-8)11-7-6-9-4-2-3-5-10(9)14-11/h2-5,11,14,16H,6-7H2,1H3,(H,15,17). The summed E-state index contributed by atoms with van der Waals surface area (Å²) in [7, 11) is 0. The van der Waals surface area contributed by atoms with Crippen LogP contribution in [-0.4, -0.2) is 11.9 Å². The summed E-state index contributed by atoms with van der Waals surface area (Å²) in [5, 5.41) is 3.47. The molecule has 2 aliphatic heterocycles. The minimum atomic E-state index is -0.0249. The van der Waals surface area contributed by atoms with E-state index in [0.717, 1.165) is 29.0 Å². The molecule has 1 aromatic rings. The smallest absolute Gasteiger partial charge is 0.264 e. The molecule has 0 aliphatic carbocycles. The van der Waals surface area contributed by atoms with Crippen molar-refractivity contribution in [3.8, 4) is 0 Å². The van der Waals surface area contributed by atoms with Gasteiger partial charge in [0.05, 0.1) is 11.6 Å². The monoisotopic (exact) mass is 261 g/mol. The first-order valence-electron chi connectivity index (χ1n) is 6.03. The third-order valence-corrected chi connectivity index (χ3v) is 4.12. The number of benzene rings is 1. The van der Waals surface area contributed by atoms with Gasteiger partial charge in [0, 0.05) is 10.6 Å². The average molecular weight is 261 g/mol. The van der Waals surface area contributed by atoms with E-state index >= 15 is 0 Å². The fourth-order valence-electron chi connectivity index (χ4n) is 2.49. The molecule has 0 radical (unpaired) electrons. The predicted molar refractivity (Wildman–Crippen MR) is 73.7 cm³/mol. The lowest BCUT2D eigenvalue weighted by molar-refractivity contribution is -0.118. The zero-order chi connectivity index (χ0) is 12.5. The van der Waals surface area contributed by atoms with Crippen molar-refractivity contribution in [2.75, 3.05) is 5.32 Å². The molecule has 94 valence electrons. The second-order valence-electron chi connectivity index (χ2n) is 4.52. The summed E-state index contributed by atoms with van der Waals surface area (Å²) in [6.07, 6.45) is 1.97. The van der Waals surface area contributed by atoms with Crippen molar-refractivity contribution in [2.24, 2.45) is 0 Å². The van der Waals surface area contributed by atoms with Gasteiger partial charge in [-0.3, -0.25) is 10.2 Å². The van der Waals surface area contributed by atoms with Crippen LogP contribution < -0.4 is 15.6 Å². The van der Waals surface area contributed by atoms with Crippen molar-refractivity contribution in [1.82, 2.24) is 10.3 Å². The molecule has 0 saturated heterocycles. The summed E-state index contributed by atoms with van der Waals surface area (Å²) in [6.45, 7) is 1.98. The second kappa shape index (κ2) is 4.66. The highest BCUT2D eigenvalue weighted by Gasteiger charge is 2.29. The number of allylic oxidation sites excluding steroid dienone is 1. The van der Waals surface area contributed by atoms with Crippen molar-refractivity contribution in [1.29, 1.82) is 0 Å². The van der Waals surface area contributed by atoms with Crippen LogP contribution in [0.2, 0.25) is 0 Å². The number of hydrogen-bond donors (Lipinski definition) is 3. The third-order valence-electron chi connectivity index (χ3n) is 3.39. The number of rotatable bonds is 1. The number of aryl methyl sites for hydroxylation is 1. The summed E-state index contributed by atoms with van der Waals surface area (Å²) in [5.74, 6) is -0.0249. The molecule has 0 fully saturated rings. The number of carbonyl (C=O) groups is 1. The number of para-hydroxylation sites is 1. The molecule has 0 bridgehead atoms. The maximum atomic E-state index is 11.9. The van der Waals surface area contributed by atoms with Crippen molar-refractivity contribution in [3.63, 3.8) is 0 Å². The molecule has 0 saturated carbocycles. The number of fused-ring (bicyclic) bond motifs is 1. The first-order chi connectivity index (χ1) is 8.75. The van der Waals surface area contributed by atoms with E-state index in [9.17, 15) is 4.79 Å². The topological polar surface area (TPSA) is 53.2 Å². The van der Waals surface area contributed by atoms with E-state index in [1.165, 1.54) is 17.5 Å². The van der Waals surface area contributed by atoms with Gasteiger partial charge >= 0.3 is 0 Å². The molecule has 3 rings (SSSR count). The quantitative estimate of drug-likeness (QED) is 0.677. The van der Waals surface area contributed by atoms with Crippen molar-refractivity contribution >= 4 is 23.5 Å². The lowest BCUT2D eigenvalue weighted by Crippen LogP contribution is -2.43. The number of hydrazine groups is 1. The highest BCUT2D eigenvalue weighted by atomic mass is 32.2. The summed E-state index contributed by atoms with van der Waals surface area (Å²) >= 11 is 1.46. The molecular weight excluding hydrogens is 246 g/mol. The van der Waals surface area contributed by atoms with Gasteiger partial charge in [0.2, 0.25) is 0 Å². The molecule has 0 aromatic heterocycles. The lowest BCUT2D eigenvalue weighted by atomic mass is 9.93. The lowest BCUT2D eigenvalue weighted by Gasteiger charge is -2.31. The van der Waals surface area contributed by atoms with Gasteiger partial charge in [-0.1, -0.05) is 18.2 Å². The molecule has 5 heteroatoms. The first kappa shape index (κ1) is 11.6. The van der Waals surface area contributed by atoms with Crippen LogP contribution in [-0.2, 0) is 11.2 Å². The summed E-state index contributed by atoms with van der Waals surface area (Å²) in [5.41, 5.74) is 5.99. The summed E-state index contributed by atoms with van der Waals surface area (Å²) < 4.78 is 0. The highest BCUT2D eigenvalue weighted by Crippen LogP contribution is 2.31. The van der Waals surface area contributed by atoms with Gasteiger partial charge in [-0.15, -0.1) is 0 Å². The zero-order valence-electron chi connectivity index (χ0n) is 10.1. The Bertz CT molecular complexity index is 527. The third kappa shape index (κ3) is 2.00. The summed E-state index contributed by atoms with van der Waals surface area (Å²) in [4.78, 5) is 15.8. The van der Waals surface area contributed by atoms with Gasteiger partial charge in [0.15, 0.2) is 0 Å². The summed E-state index contributed by atoms with van der Waals surface area (Å²) in [6, 6.07) is 8.39. The van der Waals surface area contributed by atoms with Crippen LogP contribution in [0.15, 0.2) is 34.7 Å². The molecule has 1 amide bonds. The SMILES string of the molecule is CC1=C(C2CCc3ccccc3N2)C(=O)NNS1. The number of nitrogens with one attached hydrogen (secondary N) is 3. The van der Waals surface area contributed by atoms with Crippen molar-refractivity contribution in [3.05, 3.63) is 40.3 Å². The molecular formula is C13H15N3OS. The highest BCUT2D eigenvalue weighted by molar-refractivity contribution is 8.01. The molecule has 2 heterocycles. The fraction of sp³-hybridized carbons (Fsp3) is 0.308. The fourth-order valence-corrected chi connectivity index (χ4v) is 3.13. The Morgan fingerprint density at radius 3 is 3.00 bits per heavy atom. The van der Waals surface area contributed by atoms with Gasteiger partial charge < -0.3 is 5.32 Å². The molecule has 1 unspecified atom stereocenters. The Morgan fingerprint density at radius 2 is 2.17 bits per heavy atom. The number of carbonyl (C=O) groups excluding carboxylic acids is 1. The van der Waals surface area contributed by atoms with E-state index < -0.39 is 0 Å². The van der Waals surface area contributed by atoms with E-state index in [0.29, 0.717) is 0 Å². The Kier molecular flexibility index (Phi) is 3.01. The Balaban J connectivity index is 1.90. The maximum Gasteiger partial charge on any atom is 0.264 e. The molecule has 18 heavy (non-hydrogen) atoms. The number of hydrogen-bond acceptors (Lipinski definition) is 4. The molecule has 4 nitrogen and oxygen atoms in total. The van der Waals surface area contributed by atoms with E-state index in [4.69, 9.17) is 0 Å². The Morgan fingerprint density at radius 1 is 1.33 bits per heavy atom. The minimum absolute atomic E-state index is 0.0249. The van der Waals surface area contributed by atoms with E-state index in [2.05, 4.69) is 33.8 Å². The number of anilines is 1. The normalized spacial score (nSPS) is 23.2.